The third kappa shape index (κ3) is 7.96. The summed E-state index contributed by atoms with van der Waals surface area (Å²) in [4.78, 5) is 17.5. The predicted molar refractivity (Wildman–Crippen MR) is 141 cm³/mol. The minimum Gasteiger partial charge on any atom is -0.382 e. The number of carbonyl (C=O) groups is 1. The van der Waals surface area contributed by atoms with E-state index in [1.165, 1.54) is 16.4 Å². The zero-order chi connectivity index (χ0) is 26.1. The van der Waals surface area contributed by atoms with Crippen molar-refractivity contribution in [3.05, 3.63) is 87.4 Å². The van der Waals surface area contributed by atoms with Crippen LogP contribution < -0.4 is 0 Å². The molecule has 0 aliphatic heterocycles. The second-order valence-electron chi connectivity index (χ2n) is 8.59. The summed E-state index contributed by atoms with van der Waals surface area (Å²) in [6.45, 7) is 7.14. The van der Waals surface area contributed by atoms with Gasteiger partial charge in [-0.15, -0.1) is 11.3 Å². The van der Waals surface area contributed by atoms with E-state index in [9.17, 15) is 17.6 Å². The van der Waals surface area contributed by atoms with Crippen LogP contribution in [0.5, 0.6) is 0 Å². The molecule has 0 bridgehead atoms. The van der Waals surface area contributed by atoms with Gasteiger partial charge in [0.25, 0.3) is 0 Å². The number of sulfonamides is 1. The van der Waals surface area contributed by atoms with E-state index in [0.29, 0.717) is 26.2 Å². The Morgan fingerprint density at radius 2 is 1.67 bits per heavy atom. The van der Waals surface area contributed by atoms with Gasteiger partial charge >= 0.3 is 0 Å². The van der Waals surface area contributed by atoms with Gasteiger partial charge in [-0.25, -0.2) is 12.8 Å². The first-order valence-corrected chi connectivity index (χ1v) is 14.2. The number of nitrogens with zero attached hydrogens (tertiary/aromatic N) is 2. The first-order chi connectivity index (χ1) is 17.2. The van der Waals surface area contributed by atoms with Gasteiger partial charge in [-0.1, -0.05) is 29.8 Å². The second-order valence-corrected chi connectivity index (χ2v) is 11.9. The number of aryl methyl sites for hydroxylation is 2. The fourth-order valence-corrected chi connectivity index (χ4v) is 6.02. The first kappa shape index (κ1) is 28.0. The molecule has 9 heteroatoms. The van der Waals surface area contributed by atoms with Crippen LogP contribution in [0.2, 0.25) is 0 Å². The lowest BCUT2D eigenvalue weighted by Crippen LogP contribution is -2.43. The summed E-state index contributed by atoms with van der Waals surface area (Å²) >= 11 is 1.59. The van der Waals surface area contributed by atoms with Gasteiger partial charge in [0, 0.05) is 36.1 Å². The van der Waals surface area contributed by atoms with Crippen LogP contribution in [0.4, 0.5) is 4.39 Å². The quantitative estimate of drug-likeness (QED) is 0.286. The molecule has 0 aliphatic carbocycles. The van der Waals surface area contributed by atoms with Crippen molar-refractivity contribution < 1.29 is 22.3 Å². The third-order valence-corrected chi connectivity index (χ3v) is 8.50. The molecule has 0 atom stereocenters. The van der Waals surface area contributed by atoms with E-state index in [1.54, 1.807) is 52.6 Å². The van der Waals surface area contributed by atoms with E-state index < -0.39 is 10.0 Å². The minimum absolute atomic E-state index is 0.149. The molecule has 1 aromatic heterocycles. The maximum atomic E-state index is 13.6. The molecule has 0 unspecified atom stereocenters. The van der Waals surface area contributed by atoms with Crippen LogP contribution >= 0.6 is 11.3 Å². The molecule has 0 N–H and O–H groups in total. The van der Waals surface area contributed by atoms with Crippen LogP contribution in [-0.2, 0) is 32.6 Å². The molecule has 0 fully saturated rings. The fraction of sp³-hybridized carbons (Fsp3) is 0.370. The van der Waals surface area contributed by atoms with Crippen molar-refractivity contribution in [2.75, 3.05) is 26.3 Å². The molecular formula is C27H33FN2O4S2. The summed E-state index contributed by atoms with van der Waals surface area (Å²) in [5, 5.41) is 0. The number of rotatable bonds is 13. The first-order valence-electron chi connectivity index (χ1n) is 11.9. The van der Waals surface area contributed by atoms with E-state index in [0.717, 1.165) is 20.9 Å². The molecule has 6 nitrogen and oxygen atoms in total. The zero-order valence-corrected chi connectivity index (χ0v) is 22.6. The fourth-order valence-electron chi connectivity index (χ4n) is 3.68. The number of hydrogen-bond acceptors (Lipinski definition) is 5. The molecule has 3 rings (SSSR count). The van der Waals surface area contributed by atoms with Crippen LogP contribution in [0.25, 0.3) is 0 Å². The highest BCUT2D eigenvalue weighted by molar-refractivity contribution is 7.89. The van der Waals surface area contributed by atoms with Gasteiger partial charge in [-0.3, -0.25) is 4.79 Å². The molecule has 0 saturated heterocycles. The third-order valence-electron chi connectivity index (χ3n) is 5.65. The largest absolute Gasteiger partial charge is 0.382 e. The molecule has 0 spiro atoms. The smallest absolute Gasteiger partial charge is 0.243 e. The Balaban J connectivity index is 1.85. The van der Waals surface area contributed by atoms with Gasteiger partial charge in [0.1, 0.15) is 5.82 Å². The monoisotopic (exact) mass is 532 g/mol. The Hall–Kier alpha value is -2.59. The van der Waals surface area contributed by atoms with Crippen molar-refractivity contribution in [2.45, 2.75) is 45.2 Å². The molecule has 3 aromatic rings. The van der Waals surface area contributed by atoms with E-state index >= 15 is 0 Å². The highest BCUT2D eigenvalue weighted by Crippen LogP contribution is 2.21. The molecule has 0 aliphatic rings. The summed E-state index contributed by atoms with van der Waals surface area (Å²) in [5.41, 5.74) is 1.71. The summed E-state index contributed by atoms with van der Waals surface area (Å²) in [5.74, 6) is -0.673. The number of hydrogen-bond donors (Lipinski definition) is 0. The predicted octanol–water partition coefficient (Wildman–Crippen LogP) is 5.15. The Bertz CT molecular complexity index is 1230. The molecular weight excluding hydrogens is 499 g/mol. The standard InChI is InChI=1S/C27H33FN2O4S2/c1-4-34-17-5-16-30(36(32,33)26-14-6-21(2)7-15-26)20-27(31)29(19-25-13-8-22(3)35-25)18-23-9-11-24(28)12-10-23/h6-15H,4-5,16-20H2,1-3H3. The van der Waals surface area contributed by atoms with Crippen LogP contribution in [0.15, 0.2) is 65.6 Å². The highest BCUT2D eigenvalue weighted by Gasteiger charge is 2.28. The van der Waals surface area contributed by atoms with Gasteiger partial charge in [0.2, 0.25) is 15.9 Å². The Morgan fingerprint density at radius 1 is 0.972 bits per heavy atom. The number of thiophene rings is 1. The number of benzene rings is 2. The average molecular weight is 533 g/mol. The average Bonchev–Trinajstić information content (AvgIpc) is 3.26. The van der Waals surface area contributed by atoms with Crippen molar-refractivity contribution >= 4 is 27.3 Å². The van der Waals surface area contributed by atoms with Crippen molar-refractivity contribution in [1.82, 2.24) is 9.21 Å². The van der Waals surface area contributed by atoms with Gasteiger partial charge in [0.15, 0.2) is 0 Å². The lowest BCUT2D eigenvalue weighted by Gasteiger charge is -2.27. The highest BCUT2D eigenvalue weighted by atomic mass is 32.2. The molecule has 36 heavy (non-hydrogen) atoms. The van der Waals surface area contributed by atoms with Gasteiger partial charge in [-0.05, 0) is 69.2 Å². The zero-order valence-electron chi connectivity index (χ0n) is 20.9. The Labute approximate surface area is 217 Å². The lowest BCUT2D eigenvalue weighted by atomic mass is 10.2. The van der Waals surface area contributed by atoms with Crippen LogP contribution in [0.1, 0.15) is 34.2 Å². The van der Waals surface area contributed by atoms with Crippen molar-refractivity contribution in [1.29, 1.82) is 0 Å². The van der Waals surface area contributed by atoms with E-state index in [-0.39, 0.29) is 36.3 Å². The molecule has 2 aromatic carbocycles. The number of carbonyl (C=O) groups excluding carboxylic acids is 1. The number of ether oxygens (including phenoxy) is 1. The topological polar surface area (TPSA) is 66.9 Å². The van der Waals surface area contributed by atoms with Crippen molar-refractivity contribution in [3.63, 3.8) is 0 Å². The van der Waals surface area contributed by atoms with E-state index in [2.05, 4.69) is 0 Å². The van der Waals surface area contributed by atoms with Crippen molar-refractivity contribution in [3.8, 4) is 0 Å². The molecule has 1 heterocycles. The van der Waals surface area contributed by atoms with Gasteiger partial charge in [-0.2, -0.15) is 4.31 Å². The molecule has 0 saturated carbocycles. The summed E-state index contributed by atoms with van der Waals surface area (Å²) < 4.78 is 47.1. The number of amides is 1. The number of halogens is 1. The SMILES string of the molecule is CCOCCCN(CC(=O)N(Cc1ccc(F)cc1)Cc1ccc(C)s1)S(=O)(=O)c1ccc(C)cc1. The van der Waals surface area contributed by atoms with Gasteiger partial charge < -0.3 is 9.64 Å². The summed E-state index contributed by atoms with van der Waals surface area (Å²) in [6.07, 6.45) is 0.467. The second kappa shape index (κ2) is 13.1. The summed E-state index contributed by atoms with van der Waals surface area (Å²) in [6, 6.07) is 16.6. The van der Waals surface area contributed by atoms with Crippen molar-refractivity contribution in [2.24, 2.45) is 0 Å². The maximum absolute atomic E-state index is 13.6. The van der Waals surface area contributed by atoms with E-state index in [4.69, 9.17) is 4.74 Å². The summed E-state index contributed by atoms with van der Waals surface area (Å²) in [7, 11) is -3.90. The molecule has 194 valence electrons. The van der Waals surface area contributed by atoms with Crippen LogP contribution in [0, 0.1) is 19.7 Å². The van der Waals surface area contributed by atoms with Crippen LogP contribution in [-0.4, -0.2) is 49.8 Å². The van der Waals surface area contributed by atoms with Gasteiger partial charge in [0.05, 0.1) is 18.0 Å². The minimum atomic E-state index is -3.90. The Morgan fingerprint density at radius 3 is 2.28 bits per heavy atom. The normalized spacial score (nSPS) is 11.7. The Kier molecular flexibility index (Phi) is 10.2. The molecule has 1 amide bonds. The molecule has 0 radical (unpaired) electrons. The maximum Gasteiger partial charge on any atom is 0.243 e. The lowest BCUT2D eigenvalue weighted by molar-refractivity contribution is -0.132. The van der Waals surface area contributed by atoms with Crippen LogP contribution in [0.3, 0.4) is 0 Å². The van der Waals surface area contributed by atoms with E-state index in [1.807, 2.05) is 32.9 Å².